The highest BCUT2D eigenvalue weighted by molar-refractivity contribution is 5.87. The molecule has 0 radical (unpaired) electrons. The molecule has 2 heterocycles. The molecule has 0 aliphatic carbocycles. The summed E-state index contributed by atoms with van der Waals surface area (Å²) in [7, 11) is 0. The van der Waals surface area contributed by atoms with Crippen molar-refractivity contribution in [2.45, 2.75) is 13.3 Å². The number of esters is 1. The van der Waals surface area contributed by atoms with Crippen molar-refractivity contribution in [2.24, 2.45) is 0 Å². The van der Waals surface area contributed by atoms with Crippen LogP contribution in [0, 0.1) is 0 Å². The van der Waals surface area contributed by atoms with E-state index in [0.717, 1.165) is 16.5 Å². The lowest BCUT2D eigenvalue weighted by atomic mass is 10.1. The van der Waals surface area contributed by atoms with Gasteiger partial charge in [0.1, 0.15) is 5.69 Å². The number of nitrogens with zero attached hydrogens (tertiary/aromatic N) is 2. The molecule has 3 rings (SSSR count). The summed E-state index contributed by atoms with van der Waals surface area (Å²) >= 11 is 0. The number of carbonyl (C=O) groups is 1. The number of aromatic hydroxyl groups is 1. The number of para-hydroxylation sites is 1. The molecule has 0 aliphatic heterocycles. The van der Waals surface area contributed by atoms with Crippen LogP contribution in [-0.2, 0) is 11.2 Å². The van der Waals surface area contributed by atoms with E-state index in [4.69, 9.17) is 0 Å². The first-order valence-electron chi connectivity index (χ1n) is 7.29. The smallest absolute Gasteiger partial charge is 0.362 e. The van der Waals surface area contributed by atoms with Crippen LogP contribution in [0.4, 0.5) is 0 Å². The van der Waals surface area contributed by atoms with Crippen LogP contribution in [0.1, 0.15) is 28.7 Å². The minimum atomic E-state index is -1.04. The molecule has 8 nitrogen and oxygen atoms in total. The van der Waals surface area contributed by atoms with Gasteiger partial charge < -0.3 is 20.0 Å². The van der Waals surface area contributed by atoms with Gasteiger partial charge in [-0.3, -0.25) is 4.79 Å². The van der Waals surface area contributed by atoms with Crippen molar-refractivity contribution in [3.63, 3.8) is 0 Å². The molecule has 124 valence electrons. The molecule has 0 aliphatic rings. The van der Waals surface area contributed by atoms with E-state index in [1.807, 2.05) is 24.3 Å². The van der Waals surface area contributed by atoms with Crippen LogP contribution in [0.5, 0.6) is 5.88 Å². The van der Waals surface area contributed by atoms with E-state index >= 15 is 0 Å². The van der Waals surface area contributed by atoms with E-state index in [1.165, 1.54) is 0 Å². The van der Waals surface area contributed by atoms with Crippen molar-refractivity contribution in [3.05, 3.63) is 57.8 Å². The fourth-order valence-corrected chi connectivity index (χ4v) is 2.48. The Balaban J connectivity index is 2.04. The lowest BCUT2D eigenvalue weighted by Gasteiger charge is -2.09. The van der Waals surface area contributed by atoms with Gasteiger partial charge in [-0.1, -0.05) is 18.2 Å². The summed E-state index contributed by atoms with van der Waals surface area (Å²) in [5.74, 6) is -1.61. The van der Waals surface area contributed by atoms with Crippen molar-refractivity contribution >= 4 is 16.9 Å². The van der Waals surface area contributed by atoms with Gasteiger partial charge in [-0.25, -0.2) is 4.79 Å². The fraction of sp³-hybridized carbons (Fsp3) is 0.188. The van der Waals surface area contributed by atoms with Crippen molar-refractivity contribution in [2.75, 3.05) is 6.61 Å². The van der Waals surface area contributed by atoms with Crippen LogP contribution in [0.15, 0.2) is 35.3 Å². The second-order valence-electron chi connectivity index (χ2n) is 5.10. The molecule has 3 N–H and O–H groups in total. The molecule has 2 aromatic heterocycles. The zero-order chi connectivity index (χ0) is 17.3. The zero-order valence-corrected chi connectivity index (χ0v) is 12.8. The van der Waals surface area contributed by atoms with E-state index in [0.29, 0.717) is 0 Å². The van der Waals surface area contributed by atoms with E-state index < -0.39 is 23.1 Å². The number of carbonyl (C=O) groups excluding carboxylic acids is 1. The monoisotopic (exact) mass is 329 g/mol. The third kappa shape index (κ3) is 2.58. The van der Waals surface area contributed by atoms with E-state index in [9.17, 15) is 19.9 Å². The molecule has 8 heteroatoms. The molecule has 3 aromatic rings. The standard InChI is InChI=1S/C16H15N3O5/c1-2-24-16(22)13-15(21)19(23)12(14(20)18-13)7-9-8-17-11-6-4-3-5-10(9)11/h3-6,8,17,20,23H,2,7H2,1H3. The maximum atomic E-state index is 12.1. The highest BCUT2D eigenvalue weighted by atomic mass is 16.5. The molecule has 0 saturated carbocycles. The van der Waals surface area contributed by atoms with Crippen LogP contribution >= 0.6 is 0 Å². The van der Waals surface area contributed by atoms with Crippen LogP contribution in [0.3, 0.4) is 0 Å². The van der Waals surface area contributed by atoms with Crippen molar-refractivity contribution in [1.29, 1.82) is 0 Å². The van der Waals surface area contributed by atoms with Gasteiger partial charge in [0.2, 0.25) is 11.6 Å². The molecule has 0 amide bonds. The summed E-state index contributed by atoms with van der Waals surface area (Å²) < 4.78 is 4.91. The first kappa shape index (κ1) is 15.6. The van der Waals surface area contributed by atoms with Gasteiger partial charge in [0.25, 0.3) is 0 Å². The molecule has 1 aromatic carbocycles. The Bertz CT molecular complexity index is 973. The Kier molecular flexibility index (Phi) is 3.95. The molecular weight excluding hydrogens is 314 g/mol. The van der Waals surface area contributed by atoms with Gasteiger partial charge in [-0.15, -0.1) is 4.73 Å². The first-order chi connectivity index (χ1) is 11.5. The summed E-state index contributed by atoms with van der Waals surface area (Å²) in [6, 6.07) is 7.48. The molecule has 0 unspecified atom stereocenters. The van der Waals surface area contributed by atoms with Crippen molar-refractivity contribution in [1.82, 2.24) is 14.7 Å². The van der Waals surface area contributed by atoms with Crippen LogP contribution in [0.2, 0.25) is 0 Å². The number of benzene rings is 1. The number of rotatable bonds is 4. The molecule has 0 bridgehead atoms. The number of ether oxygens (including phenoxy) is 1. The number of hydrogen-bond donors (Lipinski definition) is 3. The quantitative estimate of drug-likeness (QED) is 0.492. The average Bonchev–Trinajstić information content (AvgIpc) is 2.98. The molecule has 0 fully saturated rings. The predicted molar refractivity (Wildman–Crippen MR) is 84.4 cm³/mol. The van der Waals surface area contributed by atoms with Crippen LogP contribution in [-0.4, -0.2) is 37.6 Å². The maximum absolute atomic E-state index is 12.1. The first-order valence-corrected chi connectivity index (χ1v) is 7.29. The summed E-state index contributed by atoms with van der Waals surface area (Å²) in [6.45, 7) is 1.61. The molecular formula is C16H15N3O5. The van der Waals surface area contributed by atoms with Gasteiger partial charge in [0, 0.05) is 23.5 Å². The van der Waals surface area contributed by atoms with Crippen molar-refractivity contribution in [3.8, 4) is 5.88 Å². The predicted octanol–water partition coefficient (Wildman–Crippen LogP) is 1.43. The third-order valence-electron chi connectivity index (χ3n) is 3.63. The Labute approximate surface area is 135 Å². The SMILES string of the molecule is CCOC(=O)c1nc(O)c(Cc2c[nH]c3ccccc23)n(O)c1=O. The number of aromatic amines is 1. The van der Waals surface area contributed by atoms with Gasteiger partial charge >= 0.3 is 11.5 Å². The van der Waals surface area contributed by atoms with E-state index in [2.05, 4.69) is 14.7 Å². The fourth-order valence-electron chi connectivity index (χ4n) is 2.48. The largest absolute Gasteiger partial charge is 0.492 e. The van der Waals surface area contributed by atoms with Crippen LogP contribution in [0.25, 0.3) is 10.9 Å². The van der Waals surface area contributed by atoms with Gasteiger partial charge in [0.05, 0.1) is 6.61 Å². The second kappa shape index (κ2) is 6.07. The minimum absolute atomic E-state index is 0.0449. The maximum Gasteiger partial charge on any atom is 0.362 e. The number of fused-ring (bicyclic) bond motifs is 1. The highest BCUT2D eigenvalue weighted by Gasteiger charge is 2.22. The molecule has 24 heavy (non-hydrogen) atoms. The van der Waals surface area contributed by atoms with Crippen molar-refractivity contribution < 1.29 is 19.8 Å². The Morgan fingerprint density at radius 2 is 2.12 bits per heavy atom. The zero-order valence-electron chi connectivity index (χ0n) is 12.8. The molecule has 0 saturated heterocycles. The van der Waals surface area contributed by atoms with Gasteiger partial charge in [-0.05, 0) is 18.6 Å². The Morgan fingerprint density at radius 3 is 2.88 bits per heavy atom. The Morgan fingerprint density at radius 1 is 1.38 bits per heavy atom. The topological polar surface area (TPSA) is 117 Å². The average molecular weight is 329 g/mol. The summed E-state index contributed by atoms with van der Waals surface area (Å²) in [5, 5.41) is 21.0. The lowest BCUT2D eigenvalue weighted by molar-refractivity contribution is 0.0506. The van der Waals surface area contributed by atoms with Gasteiger partial charge in [0.15, 0.2) is 0 Å². The van der Waals surface area contributed by atoms with Crippen LogP contribution < -0.4 is 5.56 Å². The Hall–Kier alpha value is -3.29. The highest BCUT2D eigenvalue weighted by Crippen LogP contribution is 2.23. The van der Waals surface area contributed by atoms with Gasteiger partial charge in [-0.2, -0.15) is 4.98 Å². The summed E-state index contributed by atoms with van der Waals surface area (Å²) in [5.41, 5.74) is -0.179. The summed E-state index contributed by atoms with van der Waals surface area (Å²) in [4.78, 5) is 30.4. The normalized spacial score (nSPS) is 10.9. The third-order valence-corrected chi connectivity index (χ3v) is 3.63. The number of aromatic nitrogens is 3. The molecule has 0 spiro atoms. The number of hydrogen-bond acceptors (Lipinski definition) is 6. The van der Waals surface area contributed by atoms with E-state index in [1.54, 1.807) is 13.1 Å². The van der Waals surface area contributed by atoms with E-state index in [-0.39, 0.29) is 23.5 Å². The number of nitrogens with one attached hydrogen (secondary N) is 1. The second-order valence-corrected chi connectivity index (χ2v) is 5.10. The minimum Gasteiger partial charge on any atom is -0.492 e. The number of H-pyrrole nitrogens is 1. The lowest BCUT2D eigenvalue weighted by Crippen LogP contribution is -2.30. The molecule has 0 atom stereocenters. The summed E-state index contributed by atoms with van der Waals surface area (Å²) in [6.07, 6.45) is 1.77.